The Hall–Kier alpha value is -3.80. The Morgan fingerprint density at radius 1 is 0.571 bits per heavy atom. The number of imide groups is 2. The van der Waals surface area contributed by atoms with Gasteiger partial charge in [0.2, 0.25) is 0 Å². The Kier molecular flexibility index (Phi) is 4.24. The molecule has 0 radical (unpaired) electrons. The van der Waals surface area contributed by atoms with E-state index in [1.54, 1.807) is 24.3 Å². The summed E-state index contributed by atoms with van der Waals surface area (Å²) in [5.41, 5.74) is 2.46. The van der Waals surface area contributed by atoms with Crippen molar-refractivity contribution in [3.05, 3.63) is 84.0 Å². The molecule has 2 aromatic rings. The highest BCUT2D eigenvalue weighted by Gasteiger charge is 2.31. The fourth-order valence-electron chi connectivity index (χ4n) is 3.56. The van der Waals surface area contributed by atoms with Crippen LogP contribution in [0, 0.1) is 0 Å². The van der Waals surface area contributed by atoms with Gasteiger partial charge in [0.1, 0.15) is 0 Å². The van der Waals surface area contributed by atoms with Crippen LogP contribution in [0.4, 0.5) is 11.4 Å². The summed E-state index contributed by atoms with van der Waals surface area (Å²) in [6.07, 6.45) is 4.96. The Morgan fingerprint density at radius 2 is 0.893 bits per heavy atom. The number of hydrogen-bond acceptors (Lipinski definition) is 4. The van der Waals surface area contributed by atoms with Crippen LogP contribution in [0.15, 0.2) is 72.8 Å². The molecule has 138 valence electrons. The fourth-order valence-corrected chi connectivity index (χ4v) is 3.56. The third-order valence-corrected chi connectivity index (χ3v) is 4.91. The summed E-state index contributed by atoms with van der Waals surface area (Å²) in [5, 5.41) is 0. The van der Waals surface area contributed by atoms with Gasteiger partial charge in [-0.2, -0.15) is 0 Å². The van der Waals surface area contributed by atoms with Crippen LogP contribution in [0.3, 0.4) is 0 Å². The Labute approximate surface area is 161 Å². The molecule has 2 aliphatic rings. The van der Waals surface area contributed by atoms with Crippen LogP contribution in [-0.2, 0) is 19.2 Å². The van der Waals surface area contributed by atoms with E-state index in [9.17, 15) is 19.2 Å². The quantitative estimate of drug-likeness (QED) is 0.774. The Morgan fingerprint density at radius 3 is 1.25 bits per heavy atom. The van der Waals surface area contributed by atoms with Crippen molar-refractivity contribution >= 4 is 35.0 Å². The molecule has 4 rings (SSSR count). The van der Waals surface area contributed by atoms with E-state index in [1.165, 1.54) is 24.3 Å². The number of rotatable bonds is 4. The van der Waals surface area contributed by atoms with Gasteiger partial charge in [0.15, 0.2) is 0 Å². The maximum Gasteiger partial charge on any atom is 0.258 e. The number of para-hydroxylation sites is 2. The van der Waals surface area contributed by atoms with Gasteiger partial charge in [-0.1, -0.05) is 43.3 Å². The van der Waals surface area contributed by atoms with Crippen LogP contribution in [0.1, 0.15) is 24.0 Å². The second kappa shape index (κ2) is 6.74. The van der Waals surface area contributed by atoms with E-state index in [0.717, 1.165) is 20.9 Å². The fraction of sp³-hybridized carbons (Fsp3) is 0.0909. The van der Waals surface area contributed by atoms with Gasteiger partial charge in [0.05, 0.1) is 11.4 Å². The van der Waals surface area contributed by atoms with Crippen molar-refractivity contribution in [2.24, 2.45) is 0 Å². The largest absolute Gasteiger partial charge is 0.269 e. The molecule has 0 aromatic heterocycles. The molecular formula is C22H16N2O4. The lowest BCUT2D eigenvalue weighted by Crippen LogP contribution is -2.32. The number of carbonyl (C=O) groups is 4. The number of benzene rings is 2. The maximum atomic E-state index is 12.2. The highest BCUT2D eigenvalue weighted by Crippen LogP contribution is 2.38. The molecule has 0 N–H and O–H groups in total. The molecule has 6 heteroatoms. The first kappa shape index (κ1) is 17.6. The average molecular weight is 372 g/mol. The predicted octanol–water partition coefficient (Wildman–Crippen LogP) is 2.70. The van der Waals surface area contributed by atoms with Gasteiger partial charge < -0.3 is 0 Å². The number of anilines is 2. The van der Waals surface area contributed by atoms with Gasteiger partial charge in [-0.15, -0.1) is 0 Å². The molecule has 2 aromatic carbocycles. The highest BCUT2D eigenvalue weighted by molar-refractivity contribution is 6.29. The topological polar surface area (TPSA) is 74.8 Å². The molecular weight excluding hydrogens is 356 g/mol. The molecule has 2 heterocycles. The molecule has 0 spiro atoms. The Bertz CT molecular complexity index is 962. The van der Waals surface area contributed by atoms with Crippen LogP contribution in [0.5, 0.6) is 0 Å². The summed E-state index contributed by atoms with van der Waals surface area (Å²) >= 11 is 0. The van der Waals surface area contributed by atoms with Crippen molar-refractivity contribution in [2.45, 2.75) is 12.8 Å². The van der Waals surface area contributed by atoms with E-state index in [4.69, 9.17) is 0 Å². The van der Waals surface area contributed by atoms with Crippen molar-refractivity contribution in [3.8, 4) is 0 Å². The van der Waals surface area contributed by atoms with E-state index < -0.39 is 23.6 Å². The van der Waals surface area contributed by atoms with E-state index in [0.29, 0.717) is 11.4 Å². The van der Waals surface area contributed by atoms with Crippen molar-refractivity contribution in [2.75, 3.05) is 9.80 Å². The van der Waals surface area contributed by atoms with Gasteiger partial charge in [-0.25, -0.2) is 9.80 Å². The Balaban J connectivity index is 1.80. The number of nitrogens with zero attached hydrogens (tertiary/aromatic N) is 2. The summed E-state index contributed by atoms with van der Waals surface area (Å²) in [4.78, 5) is 50.9. The maximum absolute atomic E-state index is 12.2. The molecule has 28 heavy (non-hydrogen) atoms. The number of hydrogen-bond donors (Lipinski definition) is 0. The summed E-state index contributed by atoms with van der Waals surface area (Å²) in [6, 6.07) is 14.3. The predicted molar refractivity (Wildman–Crippen MR) is 104 cm³/mol. The van der Waals surface area contributed by atoms with E-state index in [2.05, 4.69) is 0 Å². The number of carbonyl (C=O) groups excluding carboxylic acids is 4. The van der Waals surface area contributed by atoms with Crippen LogP contribution < -0.4 is 9.80 Å². The summed E-state index contributed by atoms with van der Waals surface area (Å²) in [6.45, 7) is 1.91. The molecule has 0 saturated heterocycles. The second-order valence-electron chi connectivity index (χ2n) is 6.53. The molecule has 0 unspecified atom stereocenters. The minimum absolute atomic E-state index is 0.283. The van der Waals surface area contributed by atoms with Gasteiger partial charge in [0, 0.05) is 30.2 Å². The first-order valence-corrected chi connectivity index (χ1v) is 8.79. The lowest BCUT2D eigenvalue weighted by atomic mass is 9.90. The third-order valence-electron chi connectivity index (χ3n) is 4.91. The molecule has 0 aliphatic carbocycles. The SMILES string of the molecule is CC(c1ccccc1N1C(=O)C=CC1=O)c1ccccc1N1C(=O)C=CC1=O. The van der Waals surface area contributed by atoms with Crippen molar-refractivity contribution in [1.29, 1.82) is 0 Å². The van der Waals surface area contributed by atoms with Gasteiger partial charge in [0.25, 0.3) is 23.6 Å². The summed E-state index contributed by atoms with van der Waals surface area (Å²) < 4.78 is 0. The lowest BCUT2D eigenvalue weighted by Gasteiger charge is -2.25. The molecule has 2 aliphatic heterocycles. The van der Waals surface area contributed by atoms with Crippen molar-refractivity contribution in [3.63, 3.8) is 0 Å². The van der Waals surface area contributed by atoms with Gasteiger partial charge in [-0.05, 0) is 23.3 Å². The molecule has 0 bridgehead atoms. The standard InChI is InChI=1S/C22H16N2O4/c1-14(15-6-2-4-8-17(15)23-19(25)10-11-20(23)26)16-7-3-5-9-18(16)24-21(27)12-13-22(24)28/h2-14H,1H3. The second-order valence-corrected chi connectivity index (χ2v) is 6.53. The third kappa shape index (κ3) is 2.75. The van der Waals surface area contributed by atoms with Gasteiger partial charge >= 0.3 is 0 Å². The van der Waals surface area contributed by atoms with Crippen LogP contribution >= 0.6 is 0 Å². The number of amides is 4. The molecule has 0 atom stereocenters. The first-order valence-electron chi connectivity index (χ1n) is 8.79. The molecule has 0 fully saturated rings. The van der Waals surface area contributed by atoms with E-state index >= 15 is 0 Å². The zero-order chi connectivity index (χ0) is 19.8. The van der Waals surface area contributed by atoms with E-state index in [1.807, 2.05) is 31.2 Å². The first-order chi connectivity index (χ1) is 13.5. The highest BCUT2D eigenvalue weighted by atomic mass is 16.2. The molecule has 0 saturated carbocycles. The summed E-state index contributed by atoms with van der Waals surface area (Å²) in [7, 11) is 0. The van der Waals surface area contributed by atoms with Crippen molar-refractivity contribution < 1.29 is 19.2 Å². The zero-order valence-electron chi connectivity index (χ0n) is 15.0. The normalized spacial score (nSPS) is 16.2. The smallest absolute Gasteiger partial charge is 0.258 e. The van der Waals surface area contributed by atoms with Crippen LogP contribution in [-0.4, -0.2) is 23.6 Å². The lowest BCUT2D eigenvalue weighted by molar-refractivity contribution is -0.121. The van der Waals surface area contributed by atoms with Crippen LogP contribution in [0.2, 0.25) is 0 Å². The zero-order valence-corrected chi connectivity index (χ0v) is 15.0. The molecule has 4 amide bonds. The minimum atomic E-state index is -0.396. The molecule has 6 nitrogen and oxygen atoms in total. The van der Waals surface area contributed by atoms with Crippen LogP contribution in [0.25, 0.3) is 0 Å². The van der Waals surface area contributed by atoms with E-state index in [-0.39, 0.29) is 5.92 Å². The van der Waals surface area contributed by atoms with Crippen molar-refractivity contribution in [1.82, 2.24) is 0 Å². The van der Waals surface area contributed by atoms with Gasteiger partial charge in [-0.3, -0.25) is 19.2 Å². The minimum Gasteiger partial charge on any atom is -0.269 e. The summed E-state index contributed by atoms with van der Waals surface area (Å²) in [5.74, 6) is -1.87. The monoisotopic (exact) mass is 372 g/mol. The average Bonchev–Trinajstić information content (AvgIpc) is 3.22.